The summed E-state index contributed by atoms with van der Waals surface area (Å²) in [5.74, 6) is -5.44. The van der Waals surface area contributed by atoms with Gasteiger partial charge < -0.3 is 76.5 Å². The SMILES string of the molecule is CC(C)C[C@H](N)C(=O)N[C@@H](CO)C(=O)N1CCC[C@H]1C(=O)N[C@@H](CCCN=C(N)N)C(=O)N[C@@H](CCCN=C(N)N)C(=O)N[C@@H](CCCN=C(N)N)C(=O)O. The Balaban J connectivity index is 3.26. The maximum absolute atomic E-state index is 13.8. The van der Waals surface area contributed by atoms with Crippen LogP contribution in [0, 0.1) is 5.92 Å². The Morgan fingerprint density at radius 3 is 1.56 bits per heavy atom. The highest BCUT2D eigenvalue weighted by atomic mass is 16.4. The first kappa shape index (κ1) is 47.6. The van der Waals surface area contributed by atoms with Crippen LogP contribution in [0.4, 0.5) is 0 Å². The molecule has 23 nitrogen and oxygen atoms in total. The molecular formula is C32H61N15O8. The number of aliphatic carboxylic acids is 1. The molecule has 0 aliphatic carbocycles. The zero-order chi connectivity index (χ0) is 41.7. The molecule has 20 N–H and O–H groups in total. The molecule has 55 heavy (non-hydrogen) atoms. The molecule has 1 aliphatic heterocycles. The predicted molar refractivity (Wildman–Crippen MR) is 204 cm³/mol. The minimum atomic E-state index is -1.36. The zero-order valence-corrected chi connectivity index (χ0v) is 31.6. The van der Waals surface area contributed by atoms with E-state index in [0.717, 1.165) is 0 Å². The van der Waals surface area contributed by atoms with Gasteiger partial charge >= 0.3 is 5.97 Å². The first-order valence-electron chi connectivity index (χ1n) is 18.1. The summed E-state index contributed by atoms with van der Waals surface area (Å²) in [7, 11) is 0. The van der Waals surface area contributed by atoms with Gasteiger partial charge in [0.1, 0.15) is 30.2 Å². The third kappa shape index (κ3) is 18.4. The van der Waals surface area contributed by atoms with Crippen LogP contribution in [0.3, 0.4) is 0 Å². The fourth-order valence-electron chi connectivity index (χ4n) is 5.70. The number of aliphatic imine (C=N–C) groups is 3. The molecule has 0 aromatic rings. The summed E-state index contributed by atoms with van der Waals surface area (Å²) in [5.41, 5.74) is 38.3. The van der Waals surface area contributed by atoms with E-state index in [1.165, 1.54) is 4.90 Å². The van der Waals surface area contributed by atoms with E-state index in [1.54, 1.807) is 0 Å². The monoisotopic (exact) mass is 783 g/mol. The molecule has 0 saturated carbocycles. The fraction of sp³-hybridized carbons (Fsp3) is 0.719. The summed E-state index contributed by atoms with van der Waals surface area (Å²) in [6.45, 7) is 3.45. The standard InChI is InChI=1S/C32H61N15O8/c1-17(2)15-18(33)24(49)46-22(16-48)28(53)47-14-6-10-23(47)27(52)44-20(8-4-12-41-31(36)37)25(50)43-19(7-3-11-40-30(34)35)26(51)45-21(29(54)55)9-5-13-42-32(38)39/h17-23,48H,3-16,33H2,1-2H3,(H,43,50)(H,44,52)(H,45,51)(H,46,49)(H,54,55)(H4,34,35,40)(H4,36,37,41)(H4,38,39,42)/t18-,19-,20-,21-,22-,23-/m0/s1. The molecule has 23 heteroatoms. The van der Waals surface area contributed by atoms with E-state index >= 15 is 0 Å². The summed E-state index contributed by atoms with van der Waals surface area (Å²) in [4.78, 5) is 91.9. The lowest BCUT2D eigenvalue weighted by Gasteiger charge is -2.30. The Bertz CT molecular complexity index is 1380. The number of amides is 5. The number of rotatable bonds is 25. The maximum atomic E-state index is 13.8. The first-order valence-corrected chi connectivity index (χ1v) is 18.1. The molecular weight excluding hydrogens is 722 g/mol. The minimum Gasteiger partial charge on any atom is -0.480 e. The van der Waals surface area contributed by atoms with Crippen molar-refractivity contribution in [2.45, 2.75) is 108 Å². The average Bonchev–Trinajstić information content (AvgIpc) is 3.60. The third-order valence-electron chi connectivity index (χ3n) is 8.41. The molecule has 6 atom stereocenters. The molecule has 0 radical (unpaired) electrons. The number of nitrogens with one attached hydrogen (secondary N) is 4. The molecule has 0 aromatic heterocycles. The van der Waals surface area contributed by atoms with Gasteiger partial charge in [-0.1, -0.05) is 13.8 Å². The van der Waals surface area contributed by atoms with Crippen molar-refractivity contribution in [1.29, 1.82) is 0 Å². The van der Waals surface area contributed by atoms with Gasteiger partial charge in [0, 0.05) is 26.2 Å². The van der Waals surface area contributed by atoms with Gasteiger partial charge in [0.2, 0.25) is 29.5 Å². The lowest BCUT2D eigenvalue weighted by Crippen LogP contribution is -2.59. The summed E-state index contributed by atoms with van der Waals surface area (Å²) in [5, 5.41) is 29.9. The Morgan fingerprint density at radius 2 is 1.13 bits per heavy atom. The second kappa shape index (κ2) is 24.8. The maximum Gasteiger partial charge on any atom is 0.326 e. The number of hydrogen-bond donors (Lipinski definition) is 13. The lowest BCUT2D eigenvalue weighted by molar-refractivity contribution is -0.143. The largest absolute Gasteiger partial charge is 0.480 e. The van der Waals surface area contributed by atoms with Gasteiger partial charge in [-0.2, -0.15) is 0 Å². The van der Waals surface area contributed by atoms with Crippen LogP contribution in [0.5, 0.6) is 0 Å². The van der Waals surface area contributed by atoms with Gasteiger partial charge in [-0.05, 0) is 63.7 Å². The molecule has 312 valence electrons. The highest BCUT2D eigenvalue weighted by Gasteiger charge is 2.39. The molecule has 1 rings (SSSR count). The number of carbonyl (C=O) groups is 6. The van der Waals surface area contributed by atoms with E-state index < -0.39 is 78.4 Å². The molecule has 1 saturated heterocycles. The van der Waals surface area contributed by atoms with Crippen molar-refractivity contribution in [3.05, 3.63) is 0 Å². The number of aliphatic hydroxyl groups excluding tert-OH is 1. The van der Waals surface area contributed by atoms with Crippen LogP contribution in [-0.4, -0.2) is 138 Å². The minimum absolute atomic E-state index is 0.0109. The normalized spacial score (nSPS) is 16.4. The van der Waals surface area contributed by atoms with Crippen LogP contribution < -0.4 is 61.4 Å². The predicted octanol–water partition coefficient (Wildman–Crippen LogP) is -5.47. The third-order valence-corrected chi connectivity index (χ3v) is 8.41. The summed E-state index contributed by atoms with van der Waals surface area (Å²) < 4.78 is 0. The number of hydrogen-bond acceptors (Lipinski definition) is 11. The molecule has 1 aliphatic rings. The second-order valence-corrected chi connectivity index (χ2v) is 13.5. The van der Waals surface area contributed by atoms with Gasteiger partial charge in [-0.3, -0.25) is 38.9 Å². The molecule has 0 bridgehead atoms. The summed E-state index contributed by atoms with van der Waals surface area (Å²) in [6, 6.07) is -7.26. The highest BCUT2D eigenvalue weighted by Crippen LogP contribution is 2.19. The Labute approximate surface area is 320 Å². The number of nitrogens with two attached hydrogens (primary N) is 7. The van der Waals surface area contributed by atoms with Crippen molar-refractivity contribution in [3.8, 4) is 0 Å². The number of likely N-dealkylation sites (tertiary alicyclic amines) is 1. The number of carboxylic acids is 1. The van der Waals surface area contributed by atoms with E-state index in [9.17, 15) is 39.0 Å². The van der Waals surface area contributed by atoms with Crippen LogP contribution in [0.2, 0.25) is 0 Å². The van der Waals surface area contributed by atoms with E-state index in [2.05, 4.69) is 36.2 Å². The Hall–Kier alpha value is -5.45. The molecule has 1 fully saturated rings. The average molecular weight is 784 g/mol. The van der Waals surface area contributed by atoms with Crippen LogP contribution in [-0.2, 0) is 28.8 Å². The number of nitrogens with zero attached hydrogens (tertiary/aromatic N) is 4. The van der Waals surface area contributed by atoms with Crippen molar-refractivity contribution in [3.63, 3.8) is 0 Å². The van der Waals surface area contributed by atoms with Crippen molar-refractivity contribution in [2.75, 3.05) is 32.8 Å². The number of carboxylic acid groups (broad SMARTS) is 1. The summed E-state index contributed by atoms with van der Waals surface area (Å²) >= 11 is 0. The number of aliphatic hydroxyl groups is 1. The second-order valence-electron chi connectivity index (χ2n) is 13.5. The van der Waals surface area contributed by atoms with E-state index in [0.29, 0.717) is 12.8 Å². The molecule has 5 amide bonds. The highest BCUT2D eigenvalue weighted by molar-refractivity contribution is 5.96. The van der Waals surface area contributed by atoms with E-state index in [-0.39, 0.29) is 94.9 Å². The molecule has 0 unspecified atom stereocenters. The van der Waals surface area contributed by atoms with Crippen molar-refractivity contribution >= 4 is 53.4 Å². The molecule has 0 spiro atoms. The van der Waals surface area contributed by atoms with Crippen LogP contribution in [0.25, 0.3) is 0 Å². The van der Waals surface area contributed by atoms with Crippen molar-refractivity contribution < 1.29 is 39.0 Å². The zero-order valence-electron chi connectivity index (χ0n) is 31.6. The summed E-state index contributed by atoms with van der Waals surface area (Å²) in [6.07, 6.45) is 1.54. The first-order chi connectivity index (χ1) is 25.9. The van der Waals surface area contributed by atoms with Gasteiger partial charge in [-0.25, -0.2) is 4.79 Å². The van der Waals surface area contributed by atoms with Crippen LogP contribution in [0.1, 0.15) is 71.6 Å². The smallest absolute Gasteiger partial charge is 0.326 e. The van der Waals surface area contributed by atoms with Crippen LogP contribution in [0.15, 0.2) is 15.0 Å². The number of carbonyl (C=O) groups excluding carboxylic acids is 5. The molecule has 0 aromatic carbocycles. The number of guanidine groups is 3. The van der Waals surface area contributed by atoms with Crippen LogP contribution >= 0.6 is 0 Å². The lowest BCUT2D eigenvalue weighted by atomic mass is 10.0. The fourth-order valence-corrected chi connectivity index (χ4v) is 5.70. The molecule has 1 heterocycles. The van der Waals surface area contributed by atoms with Gasteiger partial charge in [-0.15, -0.1) is 0 Å². The van der Waals surface area contributed by atoms with Crippen molar-refractivity contribution in [2.24, 2.45) is 61.0 Å². The van der Waals surface area contributed by atoms with Gasteiger partial charge in [0.15, 0.2) is 17.9 Å². The van der Waals surface area contributed by atoms with Gasteiger partial charge in [0.05, 0.1) is 12.6 Å². The Morgan fingerprint density at radius 1 is 0.691 bits per heavy atom. The van der Waals surface area contributed by atoms with E-state index in [4.69, 9.17) is 40.1 Å². The Kier molecular flexibility index (Phi) is 21.4. The quantitative estimate of drug-likeness (QED) is 0.0233. The topological polar surface area (TPSA) is 413 Å². The van der Waals surface area contributed by atoms with Gasteiger partial charge in [0.25, 0.3) is 0 Å². The van der Waals surface area contributed by atoms with E-state index in [1.807, 2.05) is 13.8 Å². The van der Waals surface area contributed by atoms with Crippen molar-refractivity contribution in [1.82, 2.24) is 26.2 Å².